The van der Waals surface area contributed by atoms with Crippen molar-refractivity contribution in [3.05, 3.63) is 41.3 Å². The fourth-order valence-corrected chi connectivity index (χ4v) is 4.19. The van der Waals surface area contributed by atoms with Crippen LogP contribution in [0.3, 0.4) is 0 Å². The first kappa shape index (κ1) is 14.5. The van der Waals surface area contributed by atoms with E-state index in [1.165, 1.54) is 17.8 Å². The predicted octanol–water partition coefficient (Wildman–Crippen LogP) is 2.75. The van der Waals surface area contributed by atoms with Gasteiger partial charge in [-0.2, -0.15) is 0 Å². The number of nitrogens with one attached hydrogen (secondary N) is 2. The number of thiophene rings is 1. The number of fused-ring (bicyclic) bond motifs is 2. The van der Waals surface area contributed by atoms with Crippen LogP contribution in [0.1, 0.15) is 28.9 Å². The molecule has 0 radical (unpaired) electrons. The number of carbonyl (C=O) groups is 1. The van der Waals surface area contributed by atoms with Gasteiger partial charge in [0.15, 0.2) is 5.06 Å². The van der Waals surface area contributed by atoms with Crippen LogP contribution in [-0.2, 0) is 0 Å². The summed E-state index contributed by atoms with van der Waals surface area (Å²) in [5.41, 5.74) is 6.39. The number of nitrogens with two attached hydrogens (primary N) is 1. The first-order valence-corrected chi connectivity index (χ1v) is 8.69. The average molecular weight is 329 g/mol. The number of ether oxygens (including phenoxy) is 1. The van der Waals surface area contributed by atoms with E-state index in [2.05, 4.69) is 10.6 Å². The molecule has 6 heteroatoms. The van der Waals surface area contributed by atoms with E-state index in [9.17, 15) is 4.79 Å². The summed E-state index contributed by atoms with van der Waals surface area (Å²) >= 11 is 1.35. The third-order valence-corrected chi connectivity index (χ3v) is 5.46. The SMILES string of the molecule is Nc1cccc(Oc2ccc(C(=O)NC3CC4CCC3N4)s2)c1. The van der Waals surface area contributed by atoms with Crippen LogP contribution in [-0.4, -0.2) is 24.0 Å². The molecule has 1 aromatic heterocycles. The molecule has 4 N–H and O–H groups in total. The van der Waals surface area contributed by atoms with E-state index in [0.29, 0.717) is 33.5 Å². The molecule has 2 bridgehead atoms. The third kappa shape index (κ3) is 3.04. The Labute approximate surface area is 138 Å². The lowest BCUT2D eigenvalue weighted by Gasteiger charge is -2.20. The third-order valence-electron chi connectivity index (χ3n) is 4.50. The molecular weight excluding hydrogens is 310 g/mol. The molecule has 0 aliphatic carbocycles. The van der Waals surface area contributed by atoms with Gasteiger partial charge in [-0.05, 0) is 43.5 Å². The number of hydrogen-bond donors (Lipinski definition) is 3. The second kappa shape index (κ2) is 5.86. The maximum atomic E-state index is 12.4. The molecule has 1 aromatic carbocycles. The first-order chi connectivity index (χ1) is 11.2. The van der Waals surface area contributed by atoms with Crippen molar-refractivity contribution in [2.24, 2.45) is 0 Å². The summed E-state index contributed by atoms with van der Waals surface area (Å²) in [6, 6.07) is 12.2. The lowest BCUT2D eigenvalue weighted by atomic mass is 9.95. The lowest BCUT2D eigenvalue weighted by Crippen LogP contribution is -2.42. The standard InChI is InChI=1S/C17H19N3O2S/c18-10-2-1-3-12(8-10)22-16-7-6-15(23-16)17(21)20-14-9-11-4-5-13(14)19-11/h1-3,6-8,11,13-14,19H,4-5,9,18H2,(H,20,21). The molecule has 5 nitrogen and oxygen atoms in total. The van der Waals surface area contributed by atoms with Gasteiger partial charge >= 0.3 is 0 Å². The minimum Gasteiger partial charge on any atom is -0.447 e. The van der Waals surface area contributed by atoms with E-state index in [0.717, 1.165) is 12.8 Å². The van der Waals surface area contributed by atoms with Gasteiger partial charge in [0.1, 0.15) is 5.75 Å². The number of hydrogen-bond acceptors (Lipinski definition) is 5. The molecule has 2 fully saturated rings. The zero-order chi connectivity index (χ0) is 15.8. The van der Waals surface area contributed by atoms with Crippen LogP contribution >= 0.6 is 11.3 Å². The van der Waals surface area contributed by atoms with E-state index in [1.54, 1.807) is 6.07 Å². The van der Waals surface area contributed by atoms with Gasteiger partial charge in [-0.25, -0.2) is 0 Å². The Bertz CT molecular complexity index is 730. The van der Waals surface area contributed by atoms with E-state index in [-0.39, 0.29) is 11.9 Å². The van der Waals surface area contributed by atoms with Crippen LogP contribution in [0.15, 0.2) is 36.4 Å². The van der Waals surface area contributed by atoms with Crippen molar-refractivity contribution in [3.63, 3.8) is 0 Å². The van der Waals surface area contributed by atoms with Crippen molar-refractivity contribution in [1.82, 2.24) is 10.6 Å². The van der Waals surface area contributed by atoms with Crippen LogP contribution in [0.5, 0.6) is 10.8 Å². The smallest absolute Gasteiger partial charge is 0.261 e. The van der Waals surface area contributed by atoms with Crippen LogP contribution in [0, 0.1) is 0 Å². The highest BCUT2D eigenvalue weighted by molar-refractivity contribution is 7.15. The molecule has 2 aliphatic heterocycles. The number of carbonyl (C=O) groups excluding carboxylic acids is 1. The average Bonchev–Trinajstić information content (AvgIpc) is 3.23. The molecule has 0 spiro atoms. The summed E-state index contributed by atoms with van der Waals surface area (Å²) in [6.45, 7) is 0. The topological polar surface area (TPSA) is 76.4 Å². The monoisotopic (exact) mass is 329 g/mol. The van der Waals surface area contributed by atoms with E-state index in [4.69, 9.17) is 10.5 Å². The first-order valence-electron chi connectivity index (χ1n) is 7.87. The Hall–Kier alpha value is -2.05. The van der Waals surface area contributed by atoms with Gasteiger partial charge in [0, 0.05) is 29.9 Å². The van der Waals surface area contributed by atoms with Gasteiger partial charge in [0.2, 0.25) is 0 Å². The maximum absolute atomic E-state index is 12.4. The molecule has 23 heavy (non-hydrogen) atoms. The zero-order valence-electron chi connectivity index (χ0n) is 12.6. The van der Waals surface area contributed by atoms with Crippen molar-refractivity contribution in [2.75, 3.05) is 5.73 Å². The van der Waals surface area contributed by atoms with Crippen molar-refractivity contribution in [2.45, 2.75) is 37.4 Å². The summed E-state index contributed by atoms with van der Waals surface area (Å²) in [5.74, 6) is 0.660. The fourth-order valence-electron chi connectivity index (χ4n) is 3.41. The van der Waals surface area contributed by atoms with Gasteiger partial charge in [-0.15, -0.1) is 0 Å². The molecule has 120 valence electrons. The Kier molecular flexibility index (Phi) is 3.71. The van der Waals surface area contributed by atoms with Crippen LogP contribution in [0.25, 0.3) is 0 Å². The highest BCUT2D eigenvalue weighted by Gasteiger charge is 2.39. The van der Waals surface area contributed by atoms with Crippen molar-refractivity contribution in [1.29, 1.82) is 0 Å². The normalized spacial score (nSPS) is 25.5. The number of nitrogen functional groups attached to an aromatic ring is 1. The Morgan fingerprint density at radius 1 is 1.30 bits per heavy atom. The Balaban J connectivity index is 1.40. The molecule has 2 aliphatic rings. The molecule has 2 aromatic rings. The van der Waals surface area contributed by atoms with Gasteiger partial charge < -0.3 is 21.1 Å². The van der Waals surface area contributed by atoms with Gasteiger partial charge in [0.05, 0.1) is 4.88 Å². The van der Waals surface area contributed by atoms with Crippen molar-refractivity contribution >= 4 is 22.9 Å². The minimum atomic E-state index is -0.0169. The number of amides is 1. The Morgan fingerprint density at radius 2 is 2.22 bits per heavy atom. The maximum Gasteiger partial charge on any atom is 0.261 e. The molecular formula is C17H19N3O2S. The second-order valence-corrected chi connectivity index (χ2v) is 7.20. The fraction of sp³-hybridized carbons (Fsp3) is 0.353. The van der Waals surface area contributed by atoms with Crippen LogP contribution in [0.4, 0.5) is 5.69 Å². The minimum absolute atomic E-state index is 0.0169. The van der Waals surface area contributed by atoms with Crippen LogP contribution in [0.2, 0.25) is 0 Å². The molecule has 3 unspecified atom stereocenters. The summed E-state index contributed by atoms with van der Waals surface area (Å²) < 4.78 is 5.76. The number of benzene rings is 1. The largest absolute Gasteiger partial charge is 0.447 e. The highest BCUT2D eigenvalue weighted by atomic mass is 32.1. The molecule has 0 saturated carbocycles. The molecule has 4 rings (SSSR count). The van der Waals surface area contributed by atoms with Crippen LogP contribution < -0.4 is 21.1 Å². The van der Waals surface area contributed by atoms with Crippen molar-refractivity contribution < 1.29 is 9.53 Å². The summed E-state index contributed by atoms with van der Waals surface area (Å²) in [4.78, 5) is 13.1. The summed E-state index contributed by atoms with van der Waals surface area (Å²) in [7, 11) is 0. The van der Waals surface area contributed by atoms with E-state index >= 15 is 0 Å². The summed E-state index contributed by atoms with van der Waals surface area (Å²) in [5, 5.41) is 7.36. The van der Waals surface area contributed by atoms with E-state index < -0.39 is 0 Å². The van der Waals surface area contributed by atoms with Gasteiger partial charge in [-0.3, -0.25) is 4.79 Å². The summed E-state index contributed by atoms with van der Waals surface area (Å²) in [6.07, 6.45) is 3.42. The van der Waals surface area contributed by atoms with Crippen molar-refractivity contribution in [3.8, 4) is 10.8 Å². The van der Waals surface area contributed by atoms with Gasteiger partial charge in [0.25, 0.3) is 5.91 Å². The van der Waals surface area contributed by atoms with E-state index in [1.807, 2.05) is 30.3 Å². The highest BCUT2D eigenvalue weighted by Crippen LogP contribution is 2.32. The molecule has 1 amide bonds. The molecule has 3 atom stereocenters. The van der Waals surface area contributed by atoms with Gasteiger partial charge in [-0.1, -0.05) is 17.4 Å². The lowest BCUT2D eigenvalue weighted by molar-refractivity contribution is 0.0935. The molecule has 3 heterocycles. The zero-order valence-corrected chi connectivity index (χ0v) is 13.4. The molecule has 2 saturated heterocycles. The second-order valence-electron chi connectivity index (χ2n) is 6.16. The Morgan fingerprint density at radius 3 is 2.96 bits per heavy atom. The predicted molar refractivity (Wildman–Crippen MR) is 91.1 cm³/mol. The quantitative estimate of drug-likeness (QED) is 0.754. The number of anilines is 1. The number of rotatable bonds is 4.